The fourth-order valence-electron chi connectivity index (χ4n) is 8.90. The van der Waals surface area contributed by atoms with Crippen LogP contribution in [0.1, 0.15) is 35.1 Å². The van der Waals surface area contributed by atoms with Crippen LogP contribution < -0.4 is 10.1 Å². The Morgan fingerprint density at radius 3 is 2.00 bits per heavy atom. The van der Waals surface area contributed by atoms with Gasteiger partial charge in [-0.15, -0.1) is 0 Å². The first kappa shape index (κ1) is 35.9. The van der Waals surface area contributed by atoms with Gasteiger partial charge in [0.25, 0.3) is 0 Å². The van der Waals surface area contributed by atoms with Crippen LogP contribution in [-0.4, -0.2) is 116 Å². The second-order valence-electron chi connectivity index (χ2n) is 15.1. The summed E-state index contributed by atoms with van der Waals surface area (Å²) in [5.74, 6) is 0.930. The van der Waals surface area contributed by atoms with Crippen LogP contribution in [0, 0.1) is 0 Å². The Bertz CT molecular complexity index is 1570. The van der Waals surface area contributed by atoms with E-state index in [4.69, 9.17) is 4.74 Å². The number of benzene rings is 4. The van der Waals surface area contributed by atoms with Gasteiger partial charge in [0.1, 0.15) is 5.75 Å². The summed E-state index contributed by atoms with van der Waals surface area (Å²) in [4.78, 5) is 11.4. The van der Waals surface area contributed by atoms with E-state index in [0.717, 1.165) is 83.8 Å². The molecule has 51 heavy (non-hydrogen) atoms. The lowest BCUT2D eigenvalue weighted by atomic mass is 9.97. The van der Waals surface area contributed by atoms with E-state index in [9.17, 15) is 0 Å². The van der Waals surface area contributed by atoms with Crippen molar-refractivity contribution in [2.24, 2.45) is 0 Å². The van der Waals surface area contributed by atoms with Gasteiger partial charge in [-0.25, -0.2) is 0 Å². The van der Waals surface area contributed by atoms with Crippen LogP contribution in [0.15, 0.2) is 115 Å². The van der Waals surface area contributed by atoms with Crippen molar-refractivity contribution in [3.05, 3.63) is 138 Å². The smallest absolute Gasteiger partial charge is 0.118 e. The number of likely N-dealkylation sites (tertiary alicyclic amines) is 1. The molecule has 270 valence electrons. The highest BCUT2D eigenvalue weighted by Crippen LogP contribution is 2.26. The minimum absolute atomic E-state index is 0.492. The number of hydrogen-bond donors (Lipinski definition) is 1. The molecule has 3 aliphatic heterocycles. The Morgan fingerprint density at radius 1 is 0.647 bits per heavy atom. The predicted molar refractivity (Wildman–Crippen MR) is 211 cm³/mol. The van der Waals surface area contributed by atoms with Gasteiger partial charge in [-0.1, -0.05) is 103 Å². The minimum atomic E-state index is 0.492. The number of piperazine rings is 2. The molecule has 0 aliphatic carbocycles. The van der Waals surface area contributed by atoms with E-state index < -0.39 is 0 Å². The zero-order valence-corrected chi connectivity index (χ0v) is 30.8. The fraction of sp³-hybridized carbons (Fsp3) is 0.467. The molecule has 0 spiro atoms. The summed E-state index contributed by atoms with van der Waals surface area (Å²) in [5, 5.41) is 3.70. The quantitative estimate of drug-likeness (QED) is 0.164. The second-order valence-corrected chi connectivity index (χ2v) is 15.1. The summed E-state index contributed by atoms with van der Waals surface area (Å²) in [5.41, 5.74) is 5.74. The van der Waals surface area contributed by atoms with E-state index in [2.05, 4.69) is 140 Å². The normalized spacial score (nSPS) is 23.0. The van der Waals surface area contributed by atoms with Crippen molar-refractivity contribution in [2.75, 3.05) is 72.6 Å². The van der Waals surface area contributed by atoms with Gasteiger partial charge in [-0.05, 0) is 79.5 Å². The summed E-state index contributed by atoms with van der Waals surface area (Å²) < 4.78 is 5.42. The predicted octanol–water partition coefficient (Wildman–Crippen LogP) is 6.06. The van der Waals surface area contributed by atoms with Crippen molar-refractivity contribution in [2.45, 2.75) is 62.7 Å². The van der Waals surface area contributed by atoms with E-state index in [0.29, 0.717) is 24.2 Å². The third kappa shape index (κ3) is 10.1. The molecule has 3 saturated heterocycles. The highest BCUT2D eigenvalue weighted by Gasteiger charge is 2.35. The molecule has 6 nitrogen and oxygen atoms in total. The van der Waals surface area contributed by atoms with Gasteiger partial charge >= 0.3 is 0 Å². The average Bonchev–Trinajstić information content (AvgIpc) is 3.62. The summed E-state index contributed by atoms with van der Waals surface area (Å²) in [6.45, 7) is 11.3. The molecule has 0 radical (unpaired) electrons. The Labute approximate surface area is 307 Å². The number of rotatable bonds is 15. The molecule has 3 heterocycles. The summed E-state index contributed by atoms with van der Waals surface area (Å²) in [6, 6.07) is 44.4. The van der Waals surface area contributed by atoms with Gasteiger partial charge in [0.2, 0.25) is 0 Å². The van der Waals surface area contributed by atoms with Crippen LogP contribution in [0.4, 0.5) is 0 Å². The van der Waals surface area contributed by atoms with Gasteiger partial charge in [-0.3, -0.25) is 19.6 Å². The molecule has 1 unspecified atom stereocenters. The minimum Gasteiger partial charge on any atom is -0.497 e. The van der Waals surface area contributed by atoms with Crippen LogP contribution in [0.25, 0.3) is 0 Å². The third-order valence-electron chi connectivity index (χ3n) is 11.8. The lowest BCUT2D eigenvalue weighted by Gasteiger charge is -2.46. The van der Waals surface area contributed by atoms with E-state index in [1.54, 1.807) is 7.11 Å². The standard InChI is InChI=1S/C45H59N5O/c1-51-45-21-19-37(20-22-45)23-26-47-28-29-50(35-43(47)31-39-14-7-3-8-15-39)44(32-40-16-9-4-10-17-40)36-48-25-11-18-41(48)34-49-27-24-46-33-42(49)30-38-12-5-2-6-13-38/h2-10,12-17,19-22,41-44,46H,11,18,23-36H2,1H3/t41?,42-,43-,44-/m0/s1. The largest absolute Gasteiger partial charge is 0.497 e. The summed E-state index contributed by atoms with van der Waals surface area (Å²) in [7, 11) is 1.74. The molecule has 0 bridgehead atoms. The maximum absolute atomic E-state index is 5.42. The van der Waals surface area contributed by atoms with E-state index >= 15 is 0 Å². The third-order valence-corrected chi connectivity index (χ3v) is 11.8. The number of methoxy groups -OCH3 is 1. The van der Waals surface area contributed by atoms with Gasteiger partial charge in [0.05, 0.1) is 7.11 Å². The number of hydrogen-bond acceptors (Lipinski definition) is 6. The Balaban J connectivity index is 1.05. The highest BCUT2D eigenvalue weighted by atomic mass is 16.5. The Hall–Kier alpha value is -3.52. The van der Waals surface area contributed by atoms with Gasteiger partial charge in [0.15, 0.2) is 0 Å². The van der Waals surface area contributed by atoms with Gasteiger partial charge < -0.3 is 10.1 Å². The lowest BCUT2D eigenvalue weighted by Crippen LogP contribution is -2.60. The molecule has 0 amide bonds. The SMILES string of the molecule is COc1ccc(CCN2CCN([C@@H](Cc3ccccc3)CN3CCCC3CN3CCNC[C@@H]3Cc3ccccc3)C[C@@H]2Cc2ccccc2)cc1. The Kier molecular flexibility index (Phi) is 12.9. The first-order chi connectivity index (χ1) is 25.2. The van der Waals surface area contributed by atoms with Gasteiger partial charge in [0, 0.05) is 83.1 Å². The summed E-state index contributed by atoms with van der Waals surface area (Å²) in [6.07, 6.45) is 7.02. The molecular formula is C45H59N5O. The number of nitrogens with one attached hydrogen (secondary N) is 1. The average molecular weight is 686 g/mol. The summed E-state index contributed by atoms with van der Waals surface area (Å²) >= 11 is 0. The molecule has 7 rings (SSSR count). The van der Waals surface area contributed by atoms with Crippen LogP contribution >= 0.6 is 0 Å². The van der Waals surface area contributed by atoms with Crippen LogP contribution in [-0.2, 0) is 25.7 Å². The van der Waals surface area contributed by atoms with E-state index in [1.165, 1.54) is 48.2 Å². The molecule has 6 heteroatoms. The molecule has 1 N–H and O–H groups in total. The second kappa shape index (κ2) is 18.3. The van der Waals surface area contributed by atoms with Crippen molar-refractivity contribution in [3.8, 4) is 5.75 Å². The van der Waals surface area contributed by atoms with Crippen molar-refractivity contribution >= 4 is 0 Å². The molecule has 0 saturated carbocycles. The van der Waals surface area contributed by atoms with Gasteiger partial charge in [-0.2, -0.15) is 0 Å². The van der Waals surface area contributed by atoms with Crippen LogP contribution in [0.3, 0.4) is 0 Å². The first-order valence-electron chi connectivity index (χ1n) is 19.6. The lowest BCUT2D eigenvalue weighted by molar-refractivity contribution is 0.0299. The molecule has 4 atom stereocenters. The zero-order valence-electron chi connectivity index (χ0n) is 30.8. The maximum atomic E-state index is 5.42. The van der Waals surface area contributed by atoms with Crippen molar-refractivity contribution in [3.63, 3.8) is 0 Å². The first-order valence-corrected chi connectivity index (χ1v) is 19.6. The topological polar surface area (TPSA) is 34.2 Å². The van der Waals surface area contributed by atoms with Crippen molar-refractivity contribution in [1.29, 1.82) is 0 Å². The van der Waals surface area contributed by atoms with Crippen molar-refractivity contribution < 1.29 is 4.74 Å². The molecule has 3 aliphatic rings. The van der Waals surface area contributed by atoms with Crippen LogP contribution in [0.2, 0.25) is 0 Å². The molecule has 4 aromatic carbocycles. The van der Waals surface area contributed by atoms with E-state index in [1.807, 2.05) is 0 Å². The maximum Gasteiger partial charge on any atom is 0.118 e. The Morgan fingerprint density at radius 2 is 1.31 bits per heavy atom. The molecular weight excluding hydrogens is 627 g/mol. The van der Waals surface area contributed by atoms with Crippen LogP contribution in [0.5, 0.6) is 5.75 Å². The number of nitrogens with zero attached hydrogens (tertiary/aromatic N) is 4. The molecule has 0 aromatic heterocycles. The highest BCUT2D eigenvalue weighted by molar-refractivity contribution is 5.27. The fourth-order valence-corrected chi connectivity index (χ4v) is 8.90. The van der Waals surface area contributed by atoms with Crippen molar-refractivity contribution in [1.82, 2.24) is 24.9 Å². The molecule has 4 aromatic rings. The zero-order chi connectivity index (χ0) is 34.7. The monoisotopic (exact) mass is 685 g/mol. The van der Waals surface area contributed by atoms with E-state index in [-0.39, 0.29) is 0 Å². The number of ether oxygens (including phenoxy) is 1. The molecule has 3 fully saturated rings.